The summed E-state index contributed by atoms with van der Waals surface area (Å²) in [4.78, 5) is 13.2. The van der Waals surface area contributed by atoms with E-state index in [9.17, 15) is 0 Å². The van der Waals surface area contributed by atoms with Crippen LogP contribution in [0.1, 0.15) is 17.5 Å². The predicted octanol–water partition coefficient (Wildman–Crippen LogP) is 5.83. The van der Waals surface area contributed by atoms with Gasteiger partial charge in [-0.15, -0.1) is 0 Å². The average molecular weight is 518 g/mol. The number of nitrogens with zero attached hydrogens (tertiary/aromatic N) is 5. The van der Waals surface area contributed by atoms with E-state index in [-0.39, 0.29) is 6.61 Å². The number of hydrogen-bond donors (Lipinski definition) is 1. The molecule has 0 radical (unpaired) electrons. The van der Waals surface area contributed by atoms with Crippen molar-refractivity contribution in [2.24, 2.45) is 0 Å². The van der Waals surface area contributed by atoms with E-state index in [4.69, 9.17) is 44.5 Å². The third kappa shape index (κ3) is 4.53. The molecule has 1 aliphatic rings. The number of H-pyrrole nitrogens is 1. The van der Waals surface area contributed by atoms with Gasteiger partial charge in [0.25, 0.3) is 0 Å². The molecular weight excluding hydrogens is 495 g/mol. The summed E-state index contributed by atoms with van der Waals surface area (Å²) in [6.07, 6.45) is 6.16. The minimum absolute atomic E-state index is 0.164. The SMILES string of the molecule is CN(C)Cc1cc(-c2n[nH]c3cc(Cl)c(OCc4c(Cl)cncc4Cl)cc23)cnc1N1CCC1. The second kappa shape index (κ2) is 9.58. The van der Waals surface area contributed by atoms with Gasteiger partial charge in [0.1, 0.15) is 23.9 Å². The molecule has 34 heavy (non-hydrogen) atoms. The number of rotatable bonds is 7. The molecule has 0 aliphatic carbocycles. The van der Waals surface area contributed by atoms with E-state index in [1.54, 1.807) is 6.07 Å². The zero-order valence-corrected chi connectivity index (χ0v) is 21.0. The van der Waals surface area contributed by atoms with E-state index in [2.05, 4.69) is 45.1 Å². The van der Waals surface area contributed by atoms with Crippen LogP contribution in [0.25, 0.3) is 22.2 Å². The number of benzene rings is 1. The van der Waals surface area contributed by atoms with Gasteiger partial charge in [-0.3, -0.25) is 10.1 Å². The lowest BCUT2D eigenvalue weighted by Gasteiger charge is -2.34. The summed E-state index contributed by atoms with van der Waals surface area (Å²) in [6.45, 7) is 3.05. The number of pyridine rings is 2. The molecule has 0 bridgehead atoms. The van der Waals surface area contributed by atoms with Gasteiger partial charge in [0, 0.05) is 60.3 Å². The Morgan fingerprint density at radius 2 is 1.79 bits per heavy atom. The lowest BCUT2D eigenvalue weighted by molar-refractivity contribution is 0.307. The molecule has 1 N–H and O–H groups in total. The van der Waals surface area contributed by atoms with Crippen molar-refractivity contribution in [1.29, 1.82) is 0 Å². The molecule has 1 aromatic carbocycles. The largest absolute Gasteiger partial charge is 0.487 e. The van der Waals surface area contributed by atoms with Gasteiger partial charge in [-0.1, -0.05) is 34.8 Å². The van der Waals surface area contributed by atoms with Crippen molar-refractivity contribution in [3.05, 3.63) is 63.0 Å². The fraction of sp³-hybridized carbons (Fsp3) is 0.292. The van der Waals surface area contributed by atoms with Gasteiger partial charge in [-0.2, -0.15) is 5.10 Å². The highest BCUT2D eigenvalue weighted by Gasteiger charge is 2.21. The van der Waals surface area contributed by atoms with Gasteiger partial charge in [-0.25, -0.2) is 4.98 Å². The highest BCUT2D eigenvalue weighted by Crippen LogP contribution is 2.36. The van der Waals surface area contributed by atoms with Crippen molar-refractivity contribution in [3.8, 4) is 17.0 Å². The molecular formula is C24H23Cl3N6O. The number of nitrogens with one attached hydrogen (secondary N) is 1. The Hall–Kier alpha value is -2.58. The van der Waals surface area contributed by atoms with Crippen molar-refractivity contribution in [2.75, 3.05) is 32.1 Å². The lowest BCUT2D eigenvalue weighted by Crippen LogP contribution is -2.38. The summed E-state index contributed by atoms with van der Waals surface area (Å²) in [5.74, 6) is 1.56. The van der Waals surface area contributed by atoms with Crippen LogP contribution < -0.4 is 9.64 Å². The van der Waals surface area contributed by atoms with Crippen LogP contribution >= 0.6 is 34.8 Å². The van der Waals surface area contributed by atoms with Crippen LogP contribution in [0.2, 0.25) is 15.1 Å². The number of hydrogen-bond acceptors (Lipinski definition) is 6. The second-order valence-corrected chi connectivity index (χ2v) is 9.78. The molecule has 0 atom stereocenters. The minimum atomic E-state index is 0.164. The summed E-state index contributed by atoms with van der Waals surface area (Å²) in [5, 5.41) is 9.88. The van der Waals surface area contributed by atoms with Crippen LogP contribution in [0.4, 0.5) is 5.82 Å². The molecule has 1 saturated heterocycles. The first-order valence-electron chi connectivity index (χ1n) is 10.9. The molecule has 176 valence electrons. The van der Waals surface area contributed by atoms with Gasteiger partial charge in [-0.05, 0) is 38.7 Å². The van der Waals surface area contributed by atoms with Crippen molar-refractivity contribution < 1.29 is 4.74 Å². The topological polar surface area (TPSA) is 70.2 Å². The standard InChI is InChI=1S/C24H23Cl3N6O/c1-32(2)12-15-6-14(9-29-24(15)33-4-3-5-33)23-16-7-22(18(25)8-21(16)30-31-23)34-13-17-19(26)10-28-11-20(17)27/h6-11H,3-5,12-13H2,1-2H3,(H,30,31). The summed E-state index contributed by atoms with van der Waals surface area (Å²) < 4.78 is 6.00. The minimum Gasteiger partial charge on any atom is -0.487 e. The fourth-order valence-electron chi connectivity index (χ4n) is 3.98. The van der Waals surface area contributed by atoms with Gasteiger partial charge >= 0.3 is 0 Å². The fourth-order valence-corrected chi connectivity index (χ4v) is 4.67. The first-order chi connectivity index (χ1) is 16.4. The molecule has 0 spiro atoms. The van der Waals surface area contributed by atoms with Gasteiger partial charge in [0.15, 0.2) is 0 Å². The highest BCUT2D eigenvalue weighted by molar-refractivity contribution is 6.35. The molecule has 4 aromatic rings. The van der Waals surface area contributed by atoms with Gasteiger partial charge in [0.2, 0.25) is 0 Å². The maximum atomic E-state index is 6.49. The predicted molar refractivity (Wildman–Crippen MR) is 137 cm³/mol. The molecule has 3 aromatic heterocycles. The monoisotopic (exact) mass is 516 g/mol. The number of aromatic nitrogens is 4. The molecule has 1 fully saturated rings. The molecule has 7 nitrogen and oxygen atoms in total. The van der Waals surface area contributed by atoms with Gasteiger partial charge < -0.3 is 14.5 Å². The number of anilines is 1. The Labute approximate surface area is 212 Å². The summed E-state index contributed by atoms with van der Waals surface area (Å²) in [5.41, 5.74) is 4.36. The summed E-state index contributed by atoms with van der Waals surface area (Å²) in [7, 11) is 4.12. The first-order valence-corrected chi connectivity index (χ1v) is 12.0. The van der Waals surface area contributed by atoms with Gasteiger partial charge in [0.05, 0.1) is 20.6 Å². The van der Waals surface area contributed by atoms with Crippen LogP contribution in [-0.4, -0.2) is 52.3 Å². The van der Waals surface area contributed by atoms with E-state index < -0.39 is 0 Å². The van der Waals surface area contributed by atoms with Crippen LogP contribution in [0, 0.1) is 0 Å². The number of halogens is 3. The Kier molecular flexibility index (Phi) is 6.53. The van der Waals surface area contributed by atoms with Crippen LogP contribution in [0.15, 0.2) is 36.8 Å². The zero-order valence-electron chi connectivity index (χ0n) is 18.8. The van der Waals surface area contributed by atoms with E-state index in [1.165, 1.54) is 24.4 Å². The van der Waals surface area contributed by atoms with Crippen molar-refractivity contribution in [2.45, 2.75) is 19.6 Å². The van der Waals surface area contributed by atoms with E-state index in [0.29, 0.717) is 26.4 Å². The van der Waals surface area contributed by atoms with Crippen molar-refractivity contribution in [1.82, 2.24) is 25.1 Å². The van der Waals surface area contributed by atoms with E-state index in [0.717, 1.165) is 47.6 Å². The van der Waals surface area contributed by atoms with Crippen molar-refractivity contribution >= 4 is 51.5 Å². The third-order valence-corrected chi connectivity index (χ3v) is 6.74. The Bertz CT molecular complexity index is 1330. The maximum Gasteiger partial charge on any atom is 0.139 e. The average Bonchev–Trinajstić information content (AvgIpc) is 3.15. The normalized spacial score (nSPS) is 13.5. The maximum absolute atomic E-state index is 6.49. The van der Waals surface area contributed by atoms with Crippen LogP contribution in [0.5, 0.6) is 5.75 Å². The Morgan fingerprint density at radius 3 is 2.47 bits per heavy atom. The van der Waals surface area contributed by atoms with E-state index in [1.807, 2.05) is 12.3 Å². The van der Waals surface area contributed by atoms with E-state index >= 15 is 0 Å². The summed E-state index contributed by atoms with van der Waals surface area (Å²) >= 11 is 19.0. The molecule has 10 heteroatoms. The molecule has 0 saturated carbocycles. The third-order valence-electron chi connectivity index (χ3n) is 5.80. The number of fused-ring (bicyclic) bond motifs is 1. The molecule has 5 rings (SSSR count). The quantitative estimate of drug-likeness (QED) is 0.332. The first kappa shape index (κ1) is 23.2. The molecule has 0 unspecified atom stereocenters. The van der Waals surface area contributed by atoms with Crippen molar-refractivity contribution in [3.63, 3.8) is 0 Å². The van der Waals surface area contributed by atoms with Crippen LogP contribution in [0.3, 0.4) is 0 Å². The second-order valence-electron chi connectivity index (χ2n) is 8.56. The number of aromatic amines is 1. The summed E-state index contributed by atoms with van der Waals surface area (Å²) in [6, 6.07) is 5.86. The highest BCUT2D eigenvalue weighted by atomic mass is 35.5. The molecule has 1 aliphatic heterocycles. The smallest absolute Gasteiger partial charge is 0.139 e. The Morgan fingerprint density at radius 1 is 1.03 bits per heavy atom. The number of ether oxygens (including phenoxy) is 1. The lowest BCUT2D eigenvalue weighted by atomic mass is 10.1. The Balaban J connectivity index is 1.50. The molecule has 4 heterocycles. The zero-order chi connectivity index (χ0) is 23.8. The van der Waals surface area contributed by atoms with Crippen LogP contribution in [-0.2, 0) is 13.2 Å². The molecule has 0 amide bonds.